The monoisotopic (exact) mass is 309 g/mol. The molecule has 2 heterocycles. The molecule has 114 valence electrons. The van der Waals surface area contributed by atoms with E-state index in [0.29, 0.717) is 29.3 Å². The van der Waals surface area contributed by atoms with Gasteiger partial charge in [0.15, 0.2) is 0 Å². The highest BCUT2D eigenvalue weighted by atomic mass is 32.2. The molecule has 0 aromatic carbocycles. The number of aryl methyl sites for hydroxylation is 2. The molecule has 2 aromatic rings. The Kier molecular flexibility index (Phi) is 4.76. The van der Waals surface area contributed by atoms with Crippen LogP contribution in [0.25, 0.3) is 0 Å². The zero-order valence-electron chi connectivity index (χ0n) is 12.3. The molecule has 7 heteroatoms. The lowest BCUT2D eigenvalue weighted by Gasteiger charge is -2.08. The van der Waals surface area contributed by atoms with Crippen molar-refractivity contribution < 1.29 is 12.8 Å². The van der Waals surface area contributed by atoms with Crippen LogP contribution in [0, 0.1) is 13.8 Å². The van der Waals surface area contributed by atoms with Crippen molar-refractivity contribution in [3.05, 3.63) is 47.2 Å². The Bertz CT molecular complexity index is 709. The van der Waals surface area contributed by atoms with Crippen LogP contribution < -0.4 is 10.0 Å². The molecule has 2 N–H and O–H groups in total. The van der Waals surface area contributed by atoms with Gasteiger partial charge >= 0.3 is 0 Å². The first kappa shape index (κ1) is 15.7. The van der Waals surface area contributed by atoms with Crippen LogP contribution in [0.5, 0.6) is 0 Å². The molecular weight excluding hydrogens is 290 g/mol. The Morgan fingerprint density at radius 1 is 1.19 bits per heavy atom. The summed E-state index contributed by atoms with van der Waals surface area (Å²) in [4.78, 5) is 4.31. The maximum atomic E-state index is 12.5. The van der Waals surface area contributed by atoms with Crippen LogP contribution in [0.15, 0.2) is 33.7 Å². The van der Waals surface area contributed by atoms with Gasteiger partial charge in [0, 0.05) is 18.3 Å². The Morgan fingerprint density at radius 3 is 2.57 bits per heavy atom. The van der Waals surface area contributed by atoms with Gasteiger partial charge in [-0.3, -0.25) is 4.98 Å². The average Bonchev–Trinajstić information content (AvgIpc) is 2.73. The van der Waals surface area contributed by atoms with Crippen molar-refractivity contribution >= 4 is 10.0 Å². The molecule has 21 heavy (non-hydrogen) atoms. The standard InChI is InChI=1S/C14H19N3O3S/c1-10-13(9-15-3)14(11(2)20-10)21(18,19)17-8-12-6-4-5-7-16-12/h4-7,15,17H,8-9H2,1-3H3. The molecule has 0 aliphatic rings. The number of aromatic nitrogens is 1. The minimum Gasteiger partial charge on any atom is -0.465 e. The van der Waals surface area contributed by atoms with Gasteiger partial charge in [0.05, 0.1) is 12.2 Å². The maximum absolute atomic E-state index is 12.5. The van der Waals surface area contributed by atoms with Crippen LogP contribution in [-0.2, 0) is 23.1 Å². The summed E-state index contributed by atoms with van der Waals surface area (Å²) in [5.41, 5.74) is 1.32. The average molecular weight is 309 g/mol. The molecule has 0 saturated carbocycles. The van der Waals surface area contributed by atoms with Gasteiger partial charge in [0.1, 0.15) is 16.4 Å². The van der Waals surface area contributed by atoms with Gasteiger partial charge in [-0.15, -0.1) is 0 Å². The third-order valence-electron chi connectivity index (χ3n) is 3.12. The number of furan rings is 1. The fourth-order valence-corrected chi connectivity index (χ4v) is 3.63. The van der Waals surface area contributed by atoms with Crippen molar-refractivity contribution in [2.75, 3.05) is 7.05 Å². The van der Waals surface area contributed by atoms with Crippen molar-refractivity contribution in [1.29, 1.82) is 0 Å². The first-order chi connectivity index (χ1) is 9.95. The summed E-state index contributed by atoms with van der Waals surface area (Å²) in [6.07, 6.45) is 1.63. The predicted molar refractivity (Wildman–Crippen MR) is 79.2 cm³/mol. The Balaban J connectivity index is 2.27. The summed E-state index contributed by atoms with van der Waals surface area (Å²) in [6, 6.07) is 5.37. The van der Waals surface area contributed by atoms with E-state index in [1.54, 1.807) is 39.2 Å². The SMILES string of the molecule is CNCc1c(C)oc(C)c1S(=O)(=O)NCc1ccccn1. The van der Waals surface area contributed by atoms with Gasteiger partial charge in [-0.05, 0) is 33.0 Å². The zero-order valence-corrected chi connectivity index (χ0v) is 13.1. The molecule has 6 nitrogen and oxygen atoms in total. The molecule has 0 fully saturated rings. The smallest absolute Gasteiger partial charge is 0.244 e. The van der Waals surface area contributed by atoms with E-state index in [9.17, 15) is 8.42 Å². The fraction of sp³-hybridized carbons (Fsp3) is 0.357. The highest BCUT2D eigenvalue weighted by Gasteiger charge is 2.26. The van der Waals surface area contributed by atoms with Gasteiger partial charge < -0.3 is 9.73 Å². The second-order valence-corrected chi connectivity index (χ2v) is 6.40. The zero-order chi connectivity index (χ0) is 15.5. The Labute approximate surface area is 124 Å². The summed E-state index contributed by atoms with van der Waals surface area (Å²) in [5, 5.41) is 2.96. The summed E-state index contributed by atoms with van der Waals surface area (Å²) in [7, 11) is -1.88. The molecule has 0 amide bonds. The Morgan fingerprint density at radius 2 is 1.95 bits per heavy atom. The minimum absolute atomic E-state index is 0.145. The third-order valence-corrected chi connectivity index (χ3v) is 4.71. The Hall–Kier alpha value is -1.70. The molecule has 0 bridgehead atoms. The lowest BCUT2D eigenvalue weighted by Crippen LogP contribution is -2.25. The molecule has 0 aliphatic heterocycles. The molecule has 0 radical (unpaired) electrons. The van der Waals surface area contributed by atoms with Crippen LogP contribution in [0.3, 0.4) is 0 Å². The van der Waals surface area contributed by atoms with E-state index in [0.717, 1.165) is 0 Å². The molecule has 0 unspecified atom stereocenters. The number of rotatable bonds is 6. The second-order valence-electron chi connectivity index (χ2n) is 4.70. The van der Waals surface area contributed by atoms with Gasteiger partial charge in [0.25, 0.3) is 0 Å². The quantitative estimate of drug-likeness (QED) is 0.844. The summed E-state index contributed by atoms with van der Waals surface area (Å²) >= 11 is 0. The van der Waals surface area contributed by atoms with Crippen molar-refractivity contribution in [1.82, 2.24) is 15.0 Å². The molecule has 0 aliphatic carbocycles. The van der Waals surface area contributed by atoms with Crippen LogP contribution in [-0.4, -0.2) is 20.4 Å². The first-order valence-electron chi connectivity index (χ1n) is 6.58. The number of hydrogen-bond donors (Lipinski definition) is 2. The number of hydrogen-bond acceptors (Lipinski definition) is 5. The van der Waals surface area contributed by atoms with Crippen molar-refractivity contribution in [2.45, 2.75) is 31.8 Å². The topological polar surface area (TPSA) is 84.2 Å². The van der Waals surface area contributed by atoms with E-state index < -0.39 is 10.0 Å². The number of sulfonamides is 1. The first-order valence-corrected chi connectivity index (χ1v) is 8.07. The van der Waals surface area contributed by atoms with E-state index >= 15 is 0 Å². The van der Waals surface area contributed by atoms with E-state index in [4.69, 9.17) is 4.42 Å². The van der Waals surface area contributed by atoms with E-state index in [1.165, 1.54) is 0 Å². The molecule has 0 spiro atoms. The molecule has 2 aromatic heterocycles. The van der Waals surface area contributed by atoms with Crippen molar-refractivity contribution in [3.8, 4) is 0 Å². The summed E-state index contributed by atoms with van der Waals surface area (Å²) in [5.74, 6) is 1.01. The summed E-state index contributed by atoms with van der Waals surface area (Å²) in [6.45, 7) is 3.99. The van der Waals surface area contributed by atoms with E-state index in [1.807, 2.05) is 6.07 Å². The van der Waals surface area contributed by atoms with Crippen molar-refractivity contribution in [3.63, 3.8) is 0 Å². The van der Waals surface area contributed by atoms with Gasteiger partial charge in [-0.2, -0.15) is 0 Å². The highest BCUT2D eigenvalue weighted by Crippen LogP contribution is 2.26. The van der Waals surface area contributed by atoms with Crippen LogP contribution >= 0.6 is 0 Å². The fourth-order valence-electron chi connectivity index (χ4n) is 2.19. The predicted octanol–water partition coefficient (Wildman–Crippen LogP) is 1.49. The molecular formula is C14H19N3O3S. The summed E-state index contributed by atoms with van der Waals surface area (Å²) < 4.78 is 33.0. The second kappa shape index (κ2) is 6.38. The molecule has 0 atom stereocenters. The lowest BCUT2D eigenvalue weighted by atomic mass is 10.2. The lowest BCUT2D eigenvalue weighted by molar-refractivity contribution is 0.493. The molecule has 2 rings (SSSR count). The number of nitrogens with one attached hydrogen (secondary N) is 2. The van der Waals surface area contributed by atoms with E-state index in [2.05, 4.69) is 15.0 Å². The van der Waals surface area contributed by atoms with Gasteiger partial charge in [-0.25, -0.2) is 13.1 Å². The minimum atomic E-state index is -3.64. The third kappa shape index (κ3) is 3.49. The highest BCUT2D eigenvalue weighted by molar-refractivity contribution is 7.89. The van der Waals surface area contributed by atoms with Crippen LogP contribution in [0.2, 0.25) is 0 Å². The number of pyridine rings is 1. The normalized spacial score (nSPS) is 11.8. The molecule has 0 saturated heterocycles. The van der Waals surface area contributed by atoms with Crippen molar-refractivity contribution in [2.24, 2.45) is 0 Å². The van der Waals surface area contributed by atoms with Gasteiger partial charge in [0.2, 0.25) is 10.0 Å². The number of nitrogens with zero attached hydrogens (tertiary/aromatic N) is 1. The maximum Gasteiger partial charge on any atom is 0.244 e. The van der Waals surface area contributed by atoms with Gasteiger partial charge in [-0.1, -0.05) is 6.07 Å². The van der Waals surface area contributed by atoms with E-state index in [-0.39, 0.29) is 11.4 Å². The largest absolute Gasteiger partial charge is 0.465 e. The van der Waals surface area contributed by atoms with Crippen LogP contribution in [0.1, 0.15) is 22.8 Å². The van der Waals surface area contributed by atoms with Crippen LogP contribution in [0.4, 0.5) is 0 Å².